The quantitative estimate of drug-likeness (QED) is 0.584. The van der Waals surface area contributed by atoms with Crippen LogP contribution in [0, 0.1) is 14.9 Å². The first-order valence-electron chi connectivity index (χ1n) is 6.01. The number of halogens is 1. The third-order valence-corrected chi connectivity index (χ3v) is 6.68. The van der Waals surface area contributed by atoms with E-state index in [0.717, 1.165) is 10.9 Å². The number of nitrogens with zero attached hydrogens (tertiary/aromatic N) is 1. The molecule has 0 aliphatic rings. The Morgan fingerprint density at radius 2 is 1.78 bits per heavy atom. The van der Waals surface area contributed by atoms with Gasteiger partial charge in [0.15, 0.2) is 4.90 Å². The van der Waals surface area contributed by atoms with Crippen LogP contribution < -0.4 is 0 Å². The predicted molar refractivity (Wildman–Crippen MR) is 88.1 cm³/mol. The lowest BCUT2D eigenvalue weighted by molar-refractivity contribution is 1.35. The Morgan fingerprint density at radius 1 is 1.17 bits per heavy atom. The Balaban J connectivity index is 2.82. The number of fused-ring (bicyclic) bond motifs is 1. The van der Waals surface area contributed by atoms with Gasteiger partial charge in [-0.3, -0.25) is 0 Å². The molecule has 2 rings (SSSR count). The van der Waals surface area contributed by atoms with E-state index < -0.39 is 0 Å². The van der Waals surface area contributed by atoms with Gasteiger partial charge in [0.05, 0.1) is 15.2 Å². The number of hydrogen-bond donors (Lipinski definition) is 0. The molecule has 92 valence electrons. The fraction of sp³-hybridized carbons (Fsp3) is 0.267. The van der Waals surface area contributed by atoms with Crippen LogP contribution in [0.1, 0.15) is 19.4 Å². The minimum Gasteiger partial charge on any atom is -0.192 e. The minimum absolute atomic E-state index is 0.285. The molecule has 0 heterocycles. The van der Waals surface area contributed by atoms with Gasteiger partial charge in [0.2, 0.25) is 0 Å². The summed E-state index contributed by atoms with van der Waals surface area (Å²) in [7, 11) is 0.285. The van der Waals surface area contributed by atoms with Gasteiger partial charge in [-0.25, -0.2) is 0 Å². The third kappa shape index (κ3) is 2.36. The topological polar surface area (TPSA) is 23.8 Å². The van der Waals surface area contributed by atoms with Gasteiger partial charge in [-0.15, -0.1) is 0 Å². The SMILES string of the molecule is CC[S+](CC)c1c(I)cc(C#N)c2ccccc12. The van der Waals surface area contributed by atoms with Crippen LogP contribution in [0.25, 0.3) is 10.8 Å². The van der Waals surface area contributed by atoms with E-state index in [1.807, 2.05) is 12.1 Å². The summed E-state index contributed by atoms with van der Waals surface area (Å²) in [5, 5.41) is 11.6. The summed E-state index contributed by atoms with van der Waals surface area (Å²) >= 11 is 2.38. The summed E-state index contributed by atoms with van der Waals surface area (Å²) in [6.45, 7) is 4.49. The van der Waals surface area contributed by atoms with Gasteiger partial charge in [-0.1, -0.05) is 18.2 Å². The van der Waals surface area contributed by atoms with Crippen LogP contribution in [0.2, 0.25) is 0 Å². The summed E-state index contributed by atoms with van der Waals surface area (Å²) in [6, 6.07) is 12.6. The minimum atomic E-state index is 0.285. The predicted octanol–water partition coefficient (Wildman–Crippen LogP) is 4.33. The van der Waals surface area contributed by atoms with Crippen LogP contribution in [-0.4, -0.2) is 11.5 Å². The summed E-state index contributed by atoms with van der Waals surface area (Å²) in [6.07, 6.45) is 0. The van der Waals surface area contributed by atoms with Crippen molar-refractivity contribution in [2.75, 3.05) is 11.5 Å². The molecule has 0 spiro atoms. The molecule has 0 aromatic heterocycles. The van der Waals surface area contributed by atoms with Crippen molar-refractivity contribution in [3.05, 3.63) is 39.5 Å². The van der Waals surface area contributed by atoms with E-state index in [9.17, 15) is 5.26 Å². The Morgan fingerprint density at radius 3 is 2.33 bits per heavy atom. The zero-order chi connectivity index (χ0) is 13.1. The van der Waals surface area contributed by atoms with Crippen molar-refractivity contribution >= 4 is 44.3 Å². The van der Waals surface area contributed by atoms with Gasteiger partial charge in [0.25, 0.3) is 0 Å². The molecule has 0 saturated carbocycles. The maximum atomic E-state index is 9.25. The van der Waals surface area contributed by atoms with Crippen LogP contribution >= 0.6 is 22.6 Å². The summed E-state index contributed by atoms with van der Waals surface area (Å²) in [4.78, 5) is 1.44. The summed E-state index contributed by atoms with van der Waals surface area (Å²) in [5.74, 6) is 2.34. The molecule has 0 saturated heterocycles. The maximum Gasteiger partial charge on any atom is 0.176 e. The van der Waals surface area contributed by atoms with Gasteiger partial charge >= 0.3 is 0 Å². The molecule has 1 nitrogen and oxygen atoms in total. The molecule has 3 heteroatoms. The van der Waals surface area contributed by atoms with Crippen molar-refractivity contribution in [3.63, 3.8) is 0 Å². The molecule has 0 unspecified atom stereocenters. The molecule has 0 aliphatic carbocycles. The van der Waals surface area contributed by atoms with Crippen molar-refractivity contribution in [3.8, 4) is 6.07 Å². The summed E-state index contributed by atoms with van der Waals surface area (Å²) < 4.78 is 1.23. The lowest BCUT2D eigenvalue weighted by atomic mass is 10.1. The first kappa shape index (κ1) is 13.7. The van der Waals surface area contributed by atoms with Crippen LogP contribution in [0.3, 0.4) is 0 Å². The van der Waals surface area contributed by atoms with E-state index in [-0.39, 0.29) is 10.9 Å². The Kier molecular flexibility index (Phi) is 4.52. The maximum absolute atomic E-state index is 9.25. The van der Waals surface area contributed by atoms with Crippen LogP contribution in [0.5, 0.6) is 0 Å². The molecule has 0 atom stereocenters. The average molecular weight is 368 g/mol. The van der Waals surface area contributed by atoms with Gasteiger partial charge in [-0.2, -0.15) is 5.26 Å². The fourth-order valence-electron chi connectivity index (χ4n) is 2.19. The van der Waals surface area contributed by atoms with Gasteiger partial charge in [-0.05, 0) is 48.6 Å². The molecule has 2 aromatic rings. The van der Waals surface area contributed by atoms with E-state index in [1.54, 1.807) is 0 Å². The zero-order valence-electron chi connectivity index (χ0n) is 10.5. The standard InChI is InChI=1S/C15H15INS/c1-3-18(4-2)15-13-8-6-5-7-12(13)11(10-17)9-14(15)16/h5-9H,3-4H2,1-2H3/q+1. The molecular formula is C15H15INS+. The highest BCUT2D eigenvalue weighted by molar-refractivity contribution is 14.1. The summed E-state index contributed by atoms with van der Waals surface area (Å²) in [5.41, 5.74) is 0.787. The number of nitriles is 1. The van der Waals surface area contributed by atoms with Crippen LogP contribution in [-0.2, 0) is 10.9 Å². The average Bonchev–Trinajstić information content (AvgIpc) is 2.41. The van der Waals surface area contributed by atoms with E-state index in [2.05, 4.69) is 60.7 Å². The van der Waals surface area contributed by atoms with E-state index in [0.29, 0.717) is 0 Å². The first-order chi connectivity index (χ1) is 8.72. The van der Waals surface area contributed by atoms with E-state index in [4.69, 9.17) is 0 Å². The fourth-order valence-corrected chi connectivity index (χ4v) is 5.54. The highest BCUT2D eigenvalue weighted by atomic mass is 127. The molecule has 0 aliphatic heterocycles. The van der Waals surface area contributed by atoms with Crippen LogP contribution in [0.4, 0.5) is 0 Å². The van der Waals surface area contributed by atoms with Gasteiger partial charge < -0.3 is 0 Å². The molecule has 0 fully saturated rings. The van der Waals surface area contributed by atoms with Crippen molar-refractivity contribution in [2.24, 2.45) is 0 Å². The van der Waals surface area contributed by atoms with Gasteiger partial charge in [0, 0.05) is 21.7 Å². The van der Waals surface area contributed by atoms with Crippen molar-refractivity contribution < 1.29 is 0 Å². The van der Waals surface area contributed by atoms with Crippen LogP contribution in [0.15, 0.2) is 35.2 Å². The van der Waals surface area contributed by atoms with E-state index in [1.165, 1.54) is 25.4 Å². The Labute approximate surface area is 125 Å². The lowest BCUT2D eigenvalue weighted by Gasteiger charge is -2.10. The highest BCUT2D eigenvalue weighted by Gasteiger charge is 2.24. The smallest absolute Gasteiger partial charge is 0.176 e. The molecule has 0 N–H and O–H groups in total. The van der Waals surface area contributed by atoms with Crippen molar-refractivity contribution in [1.82, 2.24) is 0 Å². The molecule has 0 radical (unpaired) electrons. The van der Waals surface area contributed by atoms with Crippen molar-refractivity contribution in [2.45, 2.75) is 18.7 Å². The number of benzene rings is 2. The second kappa shape index (κ2) is 5.94. The molecule has 18 heavy (non-hydrogen) atoms. The van der Waals surface area contributed by atoms with Gasteiger partial charge in [0.1, 0.15) is 11.5 Å². The molecule has 0 amide bonds. The monoisotopic (exact) mass is 368 g/mol. The second-order valence-electron chi connectivity index (χ2n) is 3.96. The molecule has 0 bridgehead atoms. The van der Waals surface area contributed by atoms with Crippen molar-refractivity contribution in [1.29, 1.82) is 5.26 Å². The lowest BCUT2D eigenvalue weighted by Crippen LogP contribution is -2.11. The second-order valence-corrected chi connectivity index (χ2v) is 7.67. The zero-order valence-corrected chi connectivity index (χ0v) is 13.5. The Bertz CT molecular complexity index is 612. The normalized spacial score (nSPS) is 10.8. The first-order valence-corrected chi connectivity index (χ1v) is 8.65. The largest absolute Gasteiger partial charge is 0.192 e. The van der Waals surface area contributed by atoms with E-state index >= 15 is 0 Å². The molecular weight excluding hydrogens is 353 g/mol. The highest BCUT2D eigenvalue weighted by Crippen LogP contribution is 2.32. The number of hydrogen-bond acceptors (Lipinski definition) is 1. The third-order valence-electron chi connectivity index (χ3n) is 3.06. The Hall–Kier alpha value is -0.730. The number of rotatable bonds is 3. The molecule has 2 aromatic carbocycles.